The van der Waals surface area contributed by atoms with Crippen LogP contribution in [-0.4, -0.2) is 39.7 Å². The minimum Gasteiger partial charge on any atom is -0.349 e. The Labute approximate surface area is 147 Å². The molecule has 0 bridgehead atoms. The highest BCUT2D eigenvalue weighted by atomic mass is 35.5. The molecule has 0 unspecified atom stereocenters. The van der Waals surface area contributed by atoms with Gasteiger partial charge in [0, 0.05) is 43.9 Å². The minimum atomic E-state index is 0.0141. The summed E-state index contributed by atoms with van der Waals surface area (Å²) in [5.74, 6) is 0.0141. The van der Waals surface area contributed by atoms with Crippen LogP contribution in [0.1, 0.15) is 34.5 Å². The Balaban J connectivity index is 1.52. The number of rotatable bonds is 4. The number of likely N-dealkylation sites (tertiary alicyclic amines) is 1. The molecule has 1 fully saturated rings. The van der Waals surface area contributed by atoms with Gasteiger partial charge in [-0.25, -0.2) is 0 Å². The molecule has 3 rings (SSSR count). The van der Waals surface area contributed by atoms with Crippen LogP contribution in [0.5, 0.6) is 0 Å². The number of nitrogens with one attached hydrogen (secondary N) is 1. The number of hydrogen-bond donors (Lipinski definition) is 1. The summed E-state index contributed by atoms with van der Waals surface area (Å²) in [7, 11) is 1.87. The second-order valence-corrected chi connectivity index (χ2v) is 6.73. The van der Waals surface area contributed by atoms with Crippen LogP contribution in [0, 0.1) is 6.92 Å². The number of hydrogen-bond acceptors (Lipinski definition) is 3. The van der Waals surface area contributed by atoms with Gasteiger partial charge in [-0.2, -0.15) is 5.10 Å². The maximum absolute atomic E-state index is 12.2. The standard InChI is InChI=1S/C18H23ClN4O/c1-13-16(17(19)22(2)21-13)12-23-10-8-15(9-11-23)20-18(24)14-6-4-3-5-7-14/h3-7,15H,8-12H2,1-2H3,(H,20,24). The Hall–Kier alpha value is -1.85. The van der Waals surface area contributed by atoms with Crippen molar-refractivity contribution in [2.75, 3.05) is 13.1 Å². The zero-order chi connectivity index (χ0) is 17.1. The Bertz CT molecular complexity index is 705. The summed E-state index contributed by atoms with van der Waals surface area (Å²) in [6.45, 7) is 4.71. The van der Waals surface area contributed by atoms with Gasteiger partial charge in [-0.05, 0) is 31.9 Å². The van der Waals surface area contributed by atoms with Crippen LogP contribution in [0.25, 0.3) is 0 Å². The van der Waals surface area contributed by atoms with Gasteiger partial charge in [0.05, 0.1) is 5.69 Å². The predicted octanol–water partition coefficient (Wildman–Crippen LogP) is 2.78. The van der Waals surface area contributed by atoms with E-state index < -0.39 is 0 Å². The molecule has 0 atom stereocenters. The van der Waals surface area contributed by atoms with E-state index in [0.29, 0.717) is 5.15 Å². The van der Waals surface area contributed by atoms with Crippen LogP contribution in [0.4, 0.5) is 0 Å². The summed E-state index contributed by atoms with van der Waals surface area (Å²) < 4.78 is 1.72. The molecule has 128 valence electrons. The average Bonchev–Trinajstić information content (AvgIpc) is 2.83. The highest BCUT2D eigenvalue weighted by Gasteiger charge is 2.23. The van der Waals surface area contributed by atoms with Gasteiger partial charge in [0.25, 0.3) is 5.91 Å². The maximum Gasteiger partial charge on any atom is 0.251 e. The van der Waals surface area contributed by atoms with Crippen molar-refractivity contribution < 1.29 is 4.79 Å². The molecule has 1 amide bonds. The number of amides is 1. The molecule has 0 saturated carbocycles. The SMILES string of the molecule is Cc1nn(C)c(Cl)c1CN1CCC(NC(=O)c2ccccc2)CC1. The number of halogens is 1. The number of benzene rings is 1. The van der Waals surface area contributed by atoms with E-state index in [0.717, 1.165) is 49.3 Å². The second-order valence-electron chi connectivity index (χ2n) is 6.37. The van der Waals surface area contributed by atoms with Crippen LogP contribution in [0.3, 0.4) is 0 Å². The topological polar surface area (TPSA) is 50.2 Å². The quantitative estimate of drug-likeness (QED) is 0.926. The third-order valence-electron chi connectivity index (χ3n) is 4.61. The van der Waals surface area contributed by atoms with Crippen molar-refractivity contribution in [3.05, 3.63) is 52.3 Å². The van der Waals surface area contributed by atoms with Crippen molar-refractivity contribution in [2.45, 2.75) is 32.4 Å². The molecule has 0 aliphatic carbocycles. The molecule has 1 aliphatic rings. The van der Waals surface area contributed by atoms with E-state index in [1.807, 2.05) is 44.3 Å². The Morgan fingerprint density at radius 2 is 1.96 bits per heavy atom. The van der Waals surface area contributed by atoms with Gasteiger partial charge in [-0.15, -0.1) is 0 Å². The number of carbonyl (C=O) groups is 1. The fourth-order valence-electron chi connectivity index (χ4n) is 3.17. The molecule has 5 nitrogen and oxygen atoms in total. The van der Waals surface area contributed by atoms with Gasteiger partial charge in [-0.3, -0.25) is 14.4 Å². The number of aromatic nitrogens is 2. The van der Waals surface area contributed by atoms with E-state index in [-0.39, 0.29) is 11.9 Å². The average molecular weight is 347 g/mol. The second kappa shape index (κ2) is 7.36. The molecule has 1 saturated heterocycles. The van der Waals surface area contributed by atoms with Crippen molar-refractivity contribution in [1.82, 2.24) is 20.0 Å². The summed E-state index contributed by atoms with van der Waals surface area (Å²) in [5.41, 5.74) is 2.81. The Morgan fingerprint density at radius 1 is 1.29 bits per heavy atom. The Morgan fingerprint density at radius 3 is 2.54 bits per heavy atom. The molecule has 0 spiro atoms. The summed E-state index contributed by atoms with van der Waals surface area (Å²) >= 11 is 6.32. The molecule has 2 aromatic rings. The summed E-state index contributed by atoms with van der Waals surface area (Å²) in [5, 5.41) is 8.22. The molecule has 2 heterocycles. The van der Waals surface area contributed by atoms with Gasteiger partial charge in [-0.1, -0.05) is 29.8 Å². The molecule has 1 N–H and O–H groups in total. The van der Waals surface area contributed by atoms with Crippen molar-refractivity contribution in [3.8, 4) is 0 Å². The smallest absolute Gasteiger partial charge is 0.251 e. The van der Waals surface area contributed by atoms with Crippen molar-refractivity contribution in [3.63, 3.8) is 0 Å². The first-order chi connectivity index (χ1) is 11.5. The van der Waals surface area contributed by atoms with Crippen molar-refractivity contribution in [1.29, 1.82) is 0 Å². The van der Waals surface area contributed by atoms with E-state index in [2.05, 4.69) is 15.3 Å². The lowest BCUT2D eigenvalue weighted by Crippen LogP contribution is -2.44. The highest BCUT2D eigenvalue weighted by molar-refractivity contribution is 6.30. The van der Waals surface area contributed by atoms with Gasteiger partial charge >= 0.3 is 0 Å². The largest absolute Gasteiger partial charge is 0.349 e. The van der Waals surface area contributed by atoms with Gasteiger partial charge < -0.3 is 5.32 Å². The van der Waals surface area contributed by atoms with Gasteiger partial charge in [0.2, 0.25) is 0 Å². The highest BCUT2D eigenvalue weighted by Crippen LogP contribution is 2.22. The molecular formula is C18H23ClN4O. The van der Waals surface area contributed by atoms with Gasteiger partial charge in [0.1, 0.15) is 5.15 Å². The van der Waals surface area contributed by atoms with Gasteiger partial charge in [0.15, 0.2) is 0 Å². The summed E-state index contributed by atoms with van der Waals surface area (Å²) in [6, 6.07) is 9.62. The molecule has 1 aromatic heterocycles. The number of aryl methyl sites for hydroxylation is 2. The minimum absolute atomic E-state index is 0.0141. The monoisotopic (exact) mass is 346 g/mol. The maximum atomic E-state index is 12.2. The molecule has 6 heteroatoms. The molecule has 0 radical (unpaired) electrons. The number of carbonyl (C=O) groups excluding carboxylic acids is 1. The lowest BCUT2D eigenvalue weighted by molar-refractivity contribution is 0.0909. The van der Waals surface area contributed by atoms with Crippen LogP contribution >= 0.6 is 11.6 Å². The van der Waals surface area contributed by atoms with Crippen LogP contribution in [0.2, 0.25) is 5.15 Å². The van der Waals surface area contributed by atoms with E-state index in [1.54, 1.807) is 4.68 Å². The first kappa shape index (κ1) is 17.0. The van der Waals surface area contributed by atoms with Crippen LogP contribution in [0.15, 0.2) is 30.3 Å². The lowest BCUT2D eigenvalue weighted by Gasteiger charge is -2.32. The molecule has 1 aromatic carbocycles. The van der Waals surface area contributed by atoms with Crippen molar-refractivity contribution >= 4 is 17.5 Å². The normalized spacial score (nSPS) is 16.3. The molecular weight excluding hydrogens is 324 g/mol. The first-order valence-electron chi connectivity index (χ1n) is 8.31. The van der Waals surface area contributed by atoms with E-state index >= 15 is 0 Å². The Kier molecular flexibility index (Phi) is 5.21. The molecule has 24 heavy (non-hydrogen) atoms. The zero-order valence-electron chi connectivity index (χ0n) is 14.1. The van der Waals surface area contributed by atoms with E-state index in [1.165, 1.54) is 0 Å². The van der Waals surface area contributed by atoms with E-state index in [9.17, 15) is 4.79 Å². The third-order valence-corrected chi connectivity index (χ3v) is 5.08. The van der Waals surface area contributed by atoms with E-state index in [4.69, 9.17) is 11.6 Å². The molecule has 1 aliphatic heterocycles. The lowest BCUT2D eigenvalue weighted by atomic mass is 10.0. The first-order valence-corrected chi connectivity index (χ1v) is 8.68. The van der Waals surface area contributed by atoms with Crippen LogP contribution in [-0.2, 0) is 13.6 Å². The number of piperidine rings is 1. The summed E-state index contributed by atoms with van der Waals surface area (Å²) in [4.78, 5) is 14.6. The summed E-state index contributed by atoms with van der Waals surface area (Å²) in [6.07, 6.45) is 1.91. The zero-order valence-corrected chi connectivity index (χ0v) is 14.9. The van der Waals surface area contributed by atoms with Crippen molar-refractivity contribution in [2.24, 2.45) is 7.05 Å². The fraction of sp³-hybridized carbons (Fsp3) is 0.444. The fourth-order valence-corrected chi connectivity index (χ4v) is 3.41. The number of nitrogens with zero attached hydrogens (tertiary/aromatic N) is 3. The third kappa shape index (κ3) is 3.79. The predicted molar refractivity (Wildman–Crippen MR) is 95.2 cm³/mol. The van der Waals surface area contributed by atoms with Crippen LogP contribution < -0.4 is 5.32 Å².